The molecule has 10 heteroatoms. The number of pyridine rings is 1. The largest absolute Gasteiger partial charge is 0.496 e. The third-order valence-electron chi connectivity index (χ3n) is 4.90. The van der Waals surface area contributed by atoms with Gasteiger partial charge in [0.1, 0.15) is 11.6 Å². The quantitative estimate of drug-likeness (QED) is 0.410. The van der Waals surface area contributed by atoms with E-state index in [4.69, 9.17) is 4.74 Å². The SMILES string of the molecule is COc1cccc(F)c1-c1cc(C)ncc1C(=O)Nc1nnc(C(=O)Nc2ccc(C)cc2)s1. The maximum atomic E-state index is 14.7. The van der Waals surface area contributed by atoms with E-state index in [1.54, 1.807) is 31.2 Å². The number of aryl methyl sites for hydroxylation is 2. The van der Waals surface area contributed by atoms with Crippen molar-refractivity contribution in [3.05, 3.63) is 82.4 Å². The number of carbonyl (C=O) groups is 2. The average molecular weight is 478 g/mol. The second kappa shape index (κ2) is 9.75. The van der Waals surface area contributed by atoms with Gasteiger partial charge in [-0.1, -0.05) is 35.1 Å². The van der Waals surface area contributed by atoms with Crippen molar-refractivity contribution in [3.63, 3.8) is 0 Å². The number of amides is 2. The second-order valence-electron chi connectivity index (χ2n) is 7.38. The van der Waals surface area contributed by atoms with Gasteiger partial charge in [0.25, 0.3) is 11.8 Å². The Kier molecular flexibility index (Phi) is 6.60. The van der Waals surface area contributed by atoms with Crippen LogP contribution in [0, 0.1) is 19.7 Å². The summed E-state index contributed by atoms with van der Waals surface area (Å²) in [6.07, 6.45) is 1.36. The Bertz CT molecular complexity index is 1370. The van der Waals surface area contributed by atoms with Gasteiger partial charge in [-0.2, -0.15) is 0 Å². The highest BCUT2D eigenvalue weighted by Crippen LogP contribution is 2.35. The molecule has 0 fully saturated rings. The number of methoxy groups -OCH3 is 1. The molecular weight excluding hydrogens is 457 g/mol. The molecule has 0 saturated heterocycles. The fourth-order valence-electron chi connectivity index (χ4n) is 3.23. The lowest BCUT2D eigenvalue weighted by Gasteiger charge is -2.14. The van der Waals surface area contributed by atoms with Gasteiger partial charge in [0.2, 0.25) is 10.1 Å². The number of ether oxygens (including phenoxy) is 1. The van der Waals surface area contributed by atoms with E-state index in [9.17, 15) is 14.0 Å². The highest BCUT2D eigenvalue weighted by Gasteiger charge is 2.22. The minimum absolute atomic E-state index is 0.0777. The first-order valence-corrected chi connectivity index (χ1v) is 11.0. The summed E-state index contributed by atoms with van der Waals surface area (Å²) in [6.45, 7) is 3.69. The van der Waals surface area contributed by atoms with Crippen LogP contribution in [0.25, 0.3) is 11.1 Å². The number of nitrogens with zero attached hydrogens (tertiary/aromatic N) is 3. The predicted octanol–water partition coefficient (Wildman–Crippen LogP) is 4.87. The molecular formula is C24H20FN5O3S. The molecule has 172 valence electrons. The zero-order chi connectivity index (χ0) is 24.2. The highest BCUT2D eigenvalue weighted by atomic mass is 32.1. The number of hydrogen-bond acceptors (Lipinski definition) is 7. The first kappa shape index (κ1) is 23.0. The summed E-state index contributed by atoms with van der Waals surface area (Å²) in [4.78, 5) is 29.7. The molecule has 0 atom stereocenters. The lowest BCUT2D eigenvalue weighted by Crippen LogP contribution is -2.14. The molecule has 0 aliphatic rings. The molecule has 0 radical (unpaired) electrons. The average Bonchev–Trinajstić information content (AvgIpc) is 3.28. The number of hydrogen-bond donors (Lipinski definition) is 2. The Morgan fingerprint density at radius 3 is 2.50 bits per heavy atom. The van der Waals surface area contributed by atoms with Crippen LogP contribution in [0.15, 0.2) is 54.7 Å². The molecule has 2 amide bonds. The van der Waals surface area contributed by atoms with Gasteiger partial charge >= 0.3 is 0 Å². The second-order valence-corrected chi connectivity index (χ2v) is 8.35. The summed E-state index contributed by atoms with van der Waals surface area (Å²) in [5, 5.41) is 13.3. The Morgan fingerprint density at radius 2 is 1.76 bits per heavy atom. The highest BCUT2D eigenvalue weighted by molar-refractivity contribution is 7.17. The number of anilines is 2. The molecule has 4 rings (SSSR count). The zero-order valence-electron chi connectivity index (χ0n) is 18.5. The lowest BCUT2D eigenvalue weighted by molar-refractivity contribution is 0.101. The molecule has 4 aromatic rings. The Hall–Kier alpha value is -4.18. The van der Waals surface area contributed by atoms with E-state index in [1.807, 2.05) is 19.1 Å². The van der Waals surface area contributed by atoms with Gasteiger partial charge in [-0.3, -0.25) is 19.9 Å². The normalized spacial score (nSPS) is 10.6. The van der Waals surface area contributed by atoms with Crippen molar-refractivity contribution in [2.24, 2.45) is 0 Å². The number of aromatic nitrogens is 3. The first-order valence-electron chi connectivity index (χ1n) is 10.2. The van der Waals surface area contributed by atoms with Crippen molar-refractivity contribution < 1.29 is 18.7 Å². The van der Waals surface area contributed by atoms with Gasteiger partial charge in [-0.05, 0) is 44.2 Å². The third kappa shape index (κ3) is 4.91. The van der Waals surface area contributed by atoms with Gasteiger partial charge in [0, 0.05) is 23.1 Å². The van der Waals surface area contributed by atoms with Gasteiger partial charge in [-0.15, -0.1) is 10.2 Å². The number of halogens is 1. The van der Waals surface area contributed by atoms with Crippen molar-refractivity contribution >= 4 is 34.0 Å². The van der Waals surface area contributed by atoms with E-state index in [0.717, 1.165) is 16.9 Å². The minimum Gasteiger partial charge on any atom is -0.496 e. The third-order valence-corrected chi connectivity index (χ3v) is 5.74. The van der Waals surface area contributed by atoms with Crippen LogP contribution in [-0.4, -0.2) is 34.1 Å². The molecule has 0 saturated carbocycles. The fraction of sp³-hybridized carbons (Fsp3) is 0.125. The number of rotatable bonds is 6. The van der Waals surface area contributed by atoms with Crippen molar-refractivity contribution in [3.8, 4) is 16.9 Å². The fourth-order valence-corrected chi connectivity index (χ4v) is 3.87. The molecule has 34 heavy (non-hydrogen) atoms. The number of nitrogens with one attached hydrogen (secondary N) is 2. The van der Waals surface area contributed by atoms with E-state index in [-0.39, 0.29) is 27.0 Å². The number of carbonyl (C=O) groups excluding carboxylic acids is 2. The van der Waals surface area contributed by atoms with Gasteiger partial charge in [0.15, 0.2) is 0 Å². The van der Waals surface area contributed by atoms with E-state index in [0.29, 0.717) is 16.9 Å². The smallest absolute Gasteiger partial charge is 0.286 e. The van der Waals surface area contributed by atoms with Crippen molar-refractivity contribution in [1.82, 2.24) is 15.2 Å². The molecule has 0 spiro atoms. The van der Waals surface area contributed by atoms with Gasteiger partial charge < -0.3 is 10.1 Å². The lowest BCUT2D eigenvalue weighted by atomic mass is 9.98. The molecule has 2 aromatic heterocycles. The minimum atomic E-state index is -0.575. The van der Waals surface area contributed by atoms with Crippen molar-refractivity contribution in [1.29, 1.82) is 0 Å². The zero-order valence-corrected chi connectivity index (χ0v) is 19.4. The Balaban J connectivity index is 1.57. The van der Waals surface area contributed by atoms with E-state index < -0.39 is 17.6 Å². The van der Waals surface area contributed by atoms with Crippen LogP contribution in [0.1, 0.15) is 31.4 Å². The summed E-state index contributed by atoms with van der Waals surface area (Å²) >= 11 is 0.917. The van der Waals surface area contributed by atoms with Gasteiger partial charge in [0.05, 0.1) is 18.2 Å². The molecule has 8 nitrogen and oxygen atoms in total. The van der Waals surface area contributed by atoms with Crippen LogP contribution in [0.5, 0.6) is 5.75 Å². The van der Waals surface area contributed by atoms with Crippen molar-refractivity contribution in [2.75, 3.05) is 17.7 Å². The molecule has 0 aliphatic carbocycles. The standard InChI is InChI=1S/C24H20FN5O3S/c1-13-7-9-15(10-8-13)27-22(32)23-29-30-24(34-23)28-21(31)17-12-26-14(2)11-16(17)20-18(25)5-4-6-19(20)33-3/h4-12H,1-3H3,(H,27,32)(H,28,30,31). The maximum absolute atomic E-state index is 14.7. The van der Waals surface area contributed by atoms with Crippen LogP contribution in [-0.2, 0) is 0 Å². The maximum Gasteiger partial charge on any atom is 0.286 e. The van der Waals surface area contributed by atoms with Crippen LogP contribution in [0.3, 0.4) is 0 Å². The molecule has 0 aliphatic heterocycles. The summed E-state index contributed by atoms with van der Waals surface area (Å²) in [5.41, 5.74) is 2.87. The molecule has 2 N–H and O–H groups in total. The predicted molar refractivity (Wildman–Crippen MR) is 128 cm³/mol. The van der Waals surface area contributed by atoms with Gasteiger partial charge in [-0.25, -0.2) is 4.39 Å². The topological polar surface area (TPSA) is 106 Å². The van der Waals surface area contributed by atoms with E-state index in [1.165, 1.54) is 25.4 Å². The molecule has 0 bridgehead atoms. The Labute approximate surface area is 198 Å². The van der Waals surface area contributed by atoms with E-state index in [2.05, 4.69) is 25.8 Å². The van der Waals surface area contributed by atoms with E-state index >= 15 is 0 Å². The molecule has 2 heterocycles. The first-order chi connectivity index (χ1) is 16.4. The van der Waals surface area contributed by atoms with Crippen LogP contribution < -0.4 is 15.4 Å². The number of benzene rings is 2. The summed E-state index contributed by atoms with van der Waals surface area (Å²) < 4.78 is 20.0. The van der Waals surface area contributed by atoms with Crippen molar-refractivity contribution in [2.45, 2.75) is 13.8 Å². The monoisotopic (exact) mass is 477 g/mol. The molecule has 2 aromatic carbocycles. The van der Waals surface area contributed by atoms with Crippen LogP contribution >= 0.6 is 11.3 Å². The van der Waals surface area contributed by atoms with Crippen LogP contribution in [0.2, 0.25) is 0 Å². The summed E-state index contributed by atoms with van der Waals surface area (Å²) in [6, 6.07) is 13.3. The Morgan fingerprint density at radius 1 is 1.00 bits per heavy atom. The van der Waals surface area contributed by atoms with Crippen LogP contribution in [0.4, 0.5) is 15.2 Å². The summed E-state index contributed by atoms with van der Waals surface area (Å²) in [7, 11) is 1.43. The molecule has 0 unspecified atom stereocenters. The summed E-state index contributed by atoms with van der Waals surface area (Å²) in [5.74, 6) is -1.28.